The van der Waals surface area contributed by atoms with E-state index < -0.39 is 91.5 Å². The summed E-state index contributed by atoms with van der Waals surface area (Å²) in [6.07, 6.45) is 91.7. The van der Waals surface area contributed by atoms with E-state index in [1.807, 2.05) is 0 Å². The van der Waals surface area contributed by atoms with Crippen molar-refractivity contribution >= 4 is 33.6 Å². The number of ether oxygens (including phenoxy) is 3. The molecule has 101 heavy (non-hydrogen) atoms. The lowest BCUT2D eigenvalue weighted by Gasteiger charge is -2.21. The zero-order chi connectivity index (χ0) is 73.7. The molecule has 0 aromatic heterocycles. The first-order valence-electron chi connectivity index (χ1n) is 39.1. The average molecular weight is 1460 g/mol. The molecular formula is C83H140O16P2. The monoisotopic (exact) mass is 1450 g/mol. The Kier molecular flexibility index (Phi) is 71.7. The van der Waals surface area contributed by atoms with E-state index in [4.69, 9.17) is 32.3 Å². The van der Waals surface area contributed by atoms with Crippen LogP contribution in [0.5, 0.6) is 0 Å². The van der Waals surface area contributed by atoms with E-state index in [9.17, 15) is 43.5 Å². The molecule has 0 amide bonds. The Balaban J connectivity index is 4.65. The van der Waals surface area contributed by atoms with Crippen molar-refractivity contribution in [2.75, 3.05) is 39.6 Å². The molecule has 0 aromatic rings. The number of carbonyl (C=O) groups is 3. The highest BCUT2D eigenvalue weighted by atomic mass is 31.2. The lowest BCUT2D eigenvalue weighted by Crippen LogP contribution is -2.30. The number of phosphoric acid groups is 2. The summed E-state index contributed by atoms with van der Waals surface area (Å²) in [5.41, 5.74) is 0. The smallest absolute Gasteiger partial charge is 0.463 e. The summed E-state index contributed by atoms with van der Waals surface area (Å²) >= 11 is 0. The molecule has 0 saturated carbocycles. The summed E-state index contributed by atoms with van der Waals surface area (Å²) < 4.78 is 61.1. The van der Waals surface area contributed by atoms with Crippen LogP contribution in [0.2, 0.25) is 0 Å². The summed E-state index contributed by atoms with van der Waals surface area (Å²) in [5.74, 6) is -1.60. The third-order valence-electron chi connectivity index (χ3n) is 16.1. The fourth-order valence-corrected chi connectivity index (χ4v) is 11.8. The van der Waals surface area contributed by atoms with Crippen LogP contribution in [0.3, 0.4) is 0 Å². The quantitative estimate of drug-likeness (QED) is 0.0146. The van der Waals surface area contributed by atoms with Crippen LogP contribution in [-0.2, 0) is 55.8 Å². The largest absolute Gasteiger partial charge is 0.472 e. The van der Waals surface area contributed by atoms with Crippen LogP contribution in [0.15, 0.2) is 146 Å². The molecule has 0 aliphatic rings. The van der Waals surface area contributed by atoms with Gasteiger partial charge in [0.2, 0.25) is 0 Å². The van der Waals surface area contributed by atoms with E-state index >= 15 is 0 Å². The third kappa shape index (κ3) is 76.4. The molecule has 0 saturated heterocycles. The van der Waals surface area contributed by atoms with Gasteiger partial charge in [-0.15, -0.1) is 0 Å². The summed E-state index contributed by atoms with van der Waals surface area (Å²) in [6.45, 7) is 2.43. The van der Waals surface area contributed by atoms with E-state index in [1.54, 1.807) is 0 Å². The van der Waals surface area contributed by atoms with Gasteiger partial charge in [-0.05, 0) is 122 Å². The molecule has 5 atom stereocenters. The molecule has 0 bridgehead atoms. The minimum absolute atomic E-state index is 0.100. The molecule has 5 unspecified atom stereocenters. The minimum atomic E-state index is -4.94. The number of hydrogen-bond acceptors (Lipinski definition) is 14. The Morgan fingerprint density at radius 3 is 0.832 bits per heavy atom. The Morgan fingerprint density at radius 2 is 0.525 bits per heavy atom. The molecule has 4 N–H and O–H groups in total. The maximum atomic E-state index is 13.0. The SMILES string of the molecule is CC/C=C\C/C=C\C/C=C\C/C=C\C/C=C\C/C=C\CCCCCCCCC(=O)OCC(O)COP(=O)(O)OCC(O)COP(=O)(O)OCC(COC(=O)CCCCCCCC/C=C\C/C=C\C/C=C\C/C=C\C/C=C\C/C=C\CC)OC(=O)CCCCCCCCCCCCCCCCC. The summed E-state index contributed by atoms with van der Waals surface area (Å²) in [4.78, 5) is 58.7. The number of unbranched alkanes of at least 4 members (excludes halogenated alkanes) is 26. The average Bonchev–Trinajstić information content (AvgIpc) is 1.19. The molecule has 0 radical (unpaired) electrons. The number of phosphoric ester groups is 2. The molecule has 0 rings (SSSR count). The highest BCUT2D eigenvalue weighted by Crippen LogP contribution is 2.45. The van der Waals surface area contributed by atoms with Crippen molar-refractivity contribution < 1.29 is 75.8 Å². The Morgan fingerprint density at radius 1 is 0.287 bits per heavy atom. The van der Waals surface area contributed by atoms with Gasteiger partial charge in [0, 0.05) is 19.3 Å². The molecule has 0 aliphatic carbocycles. The van der Waals surface area contributed by atoms with Crippen molar-refractivity contribution in [1.82, 2.24) is 0 Å². The Hall–Kier alpha value is -4.57. The van der Waals surface area contributed by atoms with E-state index in [0.717, 1.165) is 180 Å². The molecule has 0 heterocycles. The molecule has 18 heteroatoms. The van der Waals surface area contributed by atoms with Crippen molar-refractivity contribution in [3.8, 4) is 0 Å². The number of rotatable bonds is 73. The first-order chi connectivity index (χ1) is 49.2. The van der Waals surface area contributed by atoms with Crippen molar-refractivity contribution in [3.63, 3.8) is 0 Å². The third-order valence-corrected chi connectivity index (χ3v) is 18.0. The number of esters is 3. The van der Waals surface area contributed by atoms with Gasteiger partial charge < -0.3 is 34.2 Å². The Bertz CT molecular complexity index is 2420. The second-order valence-corrected chi connectivity index (χ2v) is 28.7. The first kappa shape index (κ1) is 96.4. The minimum Gasteiger partial charge on any atom is -0.463 e. The fourth-order valence-electron chi connectivity index (χ4n) is 10.2. The second-order valence-electron chi connectivity index (χ2n) is 25.8. The van der Waals surface area contributed by atoms with Gasteiger partial charge in [-0.25, -0.2) is 9.13 Å². The van der Waals surface area contributed by atoms with E-state index in [0.29, 0.717) is 19.3 Å². The van der Waals surface area contributed by atoms with Gasteiger partial charge >= 0.3 is 33.6 Å². The van der Waals surface area contributed by atoms with Gasteiger partial charge in [0.05, 0.1) is 26.4 Å². The van der Waals surface area contributed by atoms with Crippen LogP contribution in [0.1, 0.15) is 303 Å². The first-order valence-corrected chi connectivity index (χ1v) is 42.1. The van der Waals surface area contributed by atoms with Crippen LogP contribution >= 0.6 is 15.6 Å². The van der Waals surface area contributed by atoms with Crippen LogP contribution in [-0.4, -0.2) is 95.9 Å². The van der Waals surface area contributed by atoms with Crippen molar-refractivity contribution in [2.24, 2.45) is 0 Å². The van der Waals surface area contributed by atoms with Gasteiger partial charge in [-0.3, -0.25) is 32.5 Å². The maximum absolute atomic E-state index is 13.0. The highest BCUT2D eigenvalue weighted by molar-refractivity contribution is 7.47. The summed E-state index contributed by atoms with van der Waals surface area (Å²) in [7, 11) is -9.80. The van der Waals surface area contributed by atoms with Crippen LogP contribution in [0.4, 0.5) is 0 Å². The van der Waals surface area contributed by atoms with Gasteiger partial charge in [0.15, 0.2) is 6.10 Å². The number of aliphatic hydroxyl groups excluding tert-OH is 2. The van der Waals surface area contributed by atoms with Gasteiger partial charge in [0.25, 0.3) is 0 Å². The molecule has 16 nitrogen and oxygen atoms in total. The fraction of sp³-hybridized carbons (Fsp3) is 0.675. The molecule has 0 aromatic carbocycles. The summed E-state index contributed by atoms with van der Waals surface area (Å²) in [5, 5.41) is 20.6. The lowest BCUT2D eigenvalue weighted by molar-refractivity contribution is -0.161. The number of aliphatic hydroxyl groups is 2. The van der Waals surface area contributed by atoms with Crippen LogP contribution in [0, 0.1) is 0 Å². The van der Waals surface area contributed by atoms with E-state index in [2.05, 4.69) is 167 Å². The highest BCUT2D eigenvalue weighted by Gasteiger charge is 2.29. The van der Waals surface area contributed by atoms with Gasteiger partial charge in [0.1, 0.15) is 25.4 Å². The van der Waals surface area contributed by atoms with Crippen molar-refractivity contribution in [2.45, 2.75) is 322 Å². The number of carbonyl (C=O) groups excluding carboxylic acids is 3. The normalized spacial score (nSPS) is 14.8. The zero-order valence-corrected chi connectivity index (χ0v) is 64.8. The number of allylic oxidation sites excluding steroid dienone is 24. The van der Waals surface area contributed by atoms with Gasteiger partial charge in [-0.2, -0.15) is 0 Å². The topological polar surface area (TPSA) is 231 Å². The second kappa shape index (κ2) is 75.1. The Labute approximate surface area is 613 Å². The predicted octanol–water partition coefficient (Wildman–Crippen LogP) is 22.9. The van der Waals surface area contributed by atoms with E-state index in [1.165, 1.54) is 64.2 Å². The summed E-state index contributed by atoms with van der Waals surface area (Å²) in [6, 6.07) is 0. The van der Waals surface area contributed by atoms with Gasteiger partial charge in [-0.1, -0.05) is 308 Å². The maximum Gasteiger partial charge on any atom is 0.472 e. The van der Waals surface area contributed by atoms with Crippen LogP contribution < -0.4 is 0 Å². The molecular weight excluding hydrogens is 1310 g/mol. The molecule has 578 valence electrons. The molecule has 0 fully saturated rings. The van der Waals surface area contributed by atoms with E-state index in [-0.39, 0.29) is 19.3 Å². The van der Waals surface area contributed by atoms with Crippen molar-refractivity contribution in [1.29, 1.82) is 0 Å². The lowest BCUT2D eigenvalue weighted by atomic mass is 10.0. The van der Waals surface area contributed by atoms with Crippen LogP contribution in [0.25, 0.3) is 0 Å². The molecule has 0 spiro atoms. The molecule has 0 aliphatic heterocycles. The standard InChI is InChI=1S/C83H140O16P2/c1-4-7-10-13-16-19-22-25-28-30-32-34-36-38-40-42-44-46-49-51-54-57-60-63-66-69-81(86)93-72-78(84)73-95-100(89,90)96-74-79(85)75-97-101(91,92)98-77-80(99-83(88)71-68-65-62-59-56-53-48-27-24-21-18-15-12-9-6-3)76-94-82(87)70-67-64-61-58-55-52-50-47-45-43-41-39-37-35-33-31-29-26-23-20-17-14-11-8-5-2/h7-8,10-11,16-17,19-20,25-26,28-29,32-35,38-41,44-47,78-80,84-85H,4-6,9,12-15,18,21-24,27,30-31,36-37,42-43,48-77H2,1-3H3,(H,89,90)(H,91,92)/b10-7-,11-8-,19-16-,20-17-,28-25-,29-26-,34-32-,35-33-,40-38-,41-39-,46-44-,47-45-. The van der Waals surface area contributed by atoms with Crippen molar-refractivity contribution in [3.05, 3.63) is 146 Å². The predicted molar refractivity (Wildman–Crippen MR) is 417 cm³/mol. The zero-order valence-electron chi connectivity index (χ0n) is 63.0. The number of hydrogen-bond donors (Lipinski definition) is 4.